The van der Waals surface area contributed by atoms with Crippen molar-refractivity contribution in [2.24, 2.45) is 0 Å². The number of anilines is 1. The molecule has 5 nitrogen and oxygen atoms in total. The number of carbonyl (C=O) groups is 2. The Bertz CT molecular complexity index is 431. The zero-order valence-electron chi connectivity index (χ0n) is 9.74. The number of nitrogens with zero attached hydrogens (tertiary/aromatic N) is 1. The van der Waals surface area contributed by atoms with Gasteiger partial charge in [-0.2, -0.15) is 0 Å². The van der Waals surface area contributed by atoms with Crippen LogP contribution in [0.3, 0.4) is 0 Å². The summed E-state index contributed by atoms with van der Waals surface area (Å²) in [6, 6.07) is 0. The Kier molecular flexibility index (Phi) is 4.89. The second kappa shape index (κ2) is 5.97. The van der Waals surface area contributed by atoms with E-state index in [1.807, 2.05) is 0 Å². The molecule has 1 rings (SSSR count). The summed E-state index contributed by atoms with van der Waals surface area (Å²) >= 11 is 6.87. The van der Waals surface area contributed by atoms with Crippen LogP contribution in [0.1, 0.15) is 17.5 Å². The van der Waals surface area contributed by atoms with Gasteiger partial charge in [0.05, 0.1) is 19.2 Å². The first-order valence-corrected chi connectivity index (χ1v) is 6.17. The molecule has 1 aromatic heterocycles. The number of aryl methyl sites for hydroxylation is 1. The van der Waals surface area contributed by atoms with Crippen molar-refractivity contribution < 1.29 is 14.3 Å². The van der Waals surface area contributed by atoms with E-state index in [0.717, 1.165) is 4.88 Å². The summed E-state index contributed by atoms with van der Waals surface area (Å²) in [6.07, 6.45) is 0.159. The molecule has 1 aromatic rings. The predicted molar refractivity (Wildman–Crippen MR) is 66.5 cm³/mol. The molecule has 1 amide bonds. The maximum absolute atomic E-state index is 11.3. The summed E-state index contributed by atoms with van der Waals surface area (Å²) in [4.78, 5) is 27.4. The van der Waals surface area contributed by atoms with E-state index in [1.165, 1.54) is 18.4 Å². The van der Waals surface area contributed by atoms with Gasteiger partial charge in [-0.1, -0.05) is 0 Å². The molecule has 0 aliphatic rings. The van der Waals surface area contributed by atoms with Crippen molar-refractivity contribution in [3.8, 4) is 0 Å². The third kappa shape index (κ3) is 3.98. The number of methoxy groups -OCH3 is 1. The highest BCUT2D eigenvalue weighted by molar-refractivity contribution is 7.16. The number of ether oxygens (including phenoxy) is 1. The van der Waals surface area contributed by atoms with E-state index >= 15 is 0 Å². The van der Waals surface area contributed by atoms with Crippen molar-refractivity contribution in [1.29, 1.82) is 0 Å². The monoisotopic (exact) mass is 276 g/mol. The molecule has 94 valence electrons. The number of alkyl halides is 1. The van der Waals surface area contributed by atoms with Gasteiger partial charge in [-0.05, 0) is 13.8 Å². The lowest BCUT2D eigenvalue weighted by Gasteiger charge is -2.01. The highest BCUT2D eigenvalue weighted by Gasteiger charge is 2.15. The Morgan fingerprint density at radius 3 is 2.76 bits per heavy atom. The second-order valence-electron chi connectivity index (χ2n) is 3.39. The zero-order valence-corrected chi connectivity index (χ0v) is 11.3. The van der Waals surface area contributed by atoms with E-state index in [2.05, 4.69) is 15.0 Å². The molecule has 0 fully saturated rings. The van der Waals surface area contributed by atoms with Crippen molar-refractivity contribution in [3.63, 3.8) is 0 Å². The van der Waals surface area contributed by atoms with Crippen molar-refractivity contribution in [2.75, 3.05) is 12.4 Å². The molecule has 17 heavy (non-hydrogen) atoms. The van der Waals surface area contributed by atoms with E-state index in [9.17, 15) is 9.59 Å². The number of esters is 1. The van der Waals surface area contributed by atoms with Crippen LogP contribution in [-0.2, 0) is 20.7 Å². The fraction of sp³-hybridized carbons (Fsp3) is 0.500. The minimum absolute atomic E-state index is 0.159. The molecule has 0 saturated carbocycles. The van der Waals surface area contributed by atoms with E-state index in [4.69, 9.17) is 11.6 Å². The topological polar surface area (TPSA) is 68.3 Å². The van der Waals surface area contributed by atoms with Crippen LogP contribution in [0.15, 0.2) is 0 Å². The summed E-state index contributed by atoms with van der Waals surface area (Å²) in [5.41, 5.74) is 0.706. The molecule has 1 atom stereocenters. The van der Waals surface area contributed by atoms with Gasteiger partial charge in [0.15, 0.2) is 5.13 Å². The van der Waals surface area contributed by atoms with Crippen LogP contribution >= 0.6 is 22.9 Å². The van der Waals surface area contributed by atoms with Gasteiger partial charge in [0, 0.05) is 4.88 Å². The van der Waals surface area contributed by atoms with Crippen LogP contribution in [0.25, 0.3) is 0 Å². The largest absolute Gasteiger partial charge is 0.469 e. The van der Waals surface area contributed by atoms with Crippen molar-refractivity contribution in [2.45, 2.75) is 25.6 Å². The maximum atomic E-state index is 11.3. The van der Waals surface area contributed by atoms with Crippen LogP contribution in [0.4, 0.5) is 5.13 Å². The first kappa shape index (κ1) is 13.9. The number of nitrogens with one attached hydrogen (secondary N) is 1. The fourth-order valence-corrected chi connectivity index (χ4v) is 2.06. The van der Waals surface area contributed by atoms with Gasteiger partial charge in [-0.25, -0.2) is 4.98 Å². The van der Waals surface area contributed by atoms with E-state index in [1.54, 1.807) is 13.8 Å². The molecule has 0 aromatic carbocycles. The van der Waals surface area contributed by atoms with E-state index < -0.39 is 5.38 Å². The van der Waals surface area contributed by atoms with Crippen LogP contribution in [0.2, 0.25) is 0 Å². The number of hydrogen-bond acceptors (Lipinski definition) is 5. The SMILES string of the molecule is COC(=O)Cc1sc(NC(=O)C(C)Cl)nc1C. The molecule has 7 heteroatoms. The molecule has 0 aliphatic carbocycles. The lowest BCUT2D eigenvalue weighted by Crippen LogP contribution is -2.20. The summed E-state index contributed by atoms with van der Waals surface area (Å²) in [7, 11) is 1.33. The quantitative estimate of drug-likeness (QED) is 0.672. The zero-order chi connectivity index (χ0) is 13.0. The molecule has 1 heterocycles. The molecule has 0 radical (unpaired) electrons. The molecular formula is C10H13ClN2O3S. The average molecular weight is 277 g/mol. The van der Waals surface area contributed by atoms with Gasteiger partial charge < -0.3 is 10.1 Å². The van der Waals surface area contributed by atoms with E-state index in [0.29, 0.717) is 10.8 Å². The summed E-state index contributed by atoms with van der Waals surface area (Å²) in [6.45, 7) is 3.35. The summed E-state index contributed by atoms with van der Waals surface area (Å²) in [5, 5.41) is 2.40. The van der Waals surface area contributed by atoms with Crippen LogP contribution < -0.4 is 5.32 Å². The third-order valence-electron chi connectivity index (χ3n) is 2.02. The Labute approximate surface area is 108 Å². The minimum Gasteiger partial charge on any atom is -0.469 e. The van der Waals surface area contributed by atoms with Crippen LogP contribution in [0, 0.1) is 6.92 Å². The van der Waals surface area contributed by atoms with Gasteiger partial charge in [0.25, 0.3) is 0 Å². The standard InChI is InChI=1S/C10H13ClN2O3S/c1-5(11)9(15)13-10-12-6(2)7(17-10)4-8(14)16-3/h5H,4H2,1-3H3,(H,12,13,15). The van der Waals surface area contributed by atoms with Gasteiger partial charge >= 0.3 is 5.97 Å². The lowest BCUT2D eigenvalue weighted by atomic mass is 10.3. The van der Waals surface area contributed by atoms with E-state index in [-0.39, 0.29) is 18.3 Å². The maximum Gasteiger partial charge on any atom is 0.310 e. The number of rotatable bonds is 4. The number of thiazole rings is 1. The van der Waals surface area contributed by atoms with Crippen molar-refractivity contribution in [1.82, 2.24) is 4.98 Å². The van der Waals surface area contributed by atoms with Gasteiger partial charge in [-0.3, -0.25) is 9.59 Å². The Balaban J connectivity index is 2.74. The Hall–Kier alpha value is -1.14. The van der Waals surface area contributed by atoms with Crippen molar-refractivity contribution >= 4 is 39.9 Å². The van der Waals surface area contributed by atoms with Crippen molar-refractivity contribution in [3.05, 3.63) is 10.6 Å². The molecule has 0 aliphatic heterocycles. The Morgan fingerprint density at radius 1 is 1.59 bits per heavy atom. The first-order chi connectivity index (χ1) is 7.93. The molecule has 0 saturated heterocycles. The number of halogens is 1. The van der Waals surface area contributed by atoms with Crippen LogP contribution in [-0.4, -0.2) is 29.3 Å². The fourth-order valence-electron chi connectivity index (χ4n) is 1.05. The van der Waals surface area contributed by atoms with Crippen LogP contribution in [0.5, 0.6) is 0 Å². The molecule has 1 N–H and O–H groups in total. The average Bonchev–Trinajstić information content (AvgIpc) is 2.58. The number of carbonyl (C=O) groups excluding carboxylic acids is 2. The second-order valence-corrected chi connectivity index (χ2v) is 5.12. The molecule has 0 spiro atoms. The molecular weight excluding hydrogens is 264 g/mol. The normalized spacial score (nSPS) is 12.0. The highest BCUT2D eigenvalue weighted by Crippen LogP contribution is 2.23. The van der Waals surface area contributed by atoms with Gasteiger partial charge in [0.1, 0.15) is 5.38 Å². The first-order valence-electron chi connectivity index (χ1n) is 4.92. The predicted octanol–water partition coefficient (Wildman–Crippen LogP) is 1.73. The molecule has 0 bridgehead atoms. The molecule has 1 unspecified atom stereocenters. The number of hydrogen-bond donors (Lipinski definition) is 1. The highest BCUT2D eigenvalue weighted by atomic mass is 35.5. The smallest absolute Gasteiger partial charge is 0.310 e. The van der Waals surface area contributed by atoms with Gasteiger partial charge in [-0.15, -0.1) is 22.9 Å². The third-order valence-corrected chi connectivity index (χ3v) is 3.29. The Morgan fingerprint density at radius 2 is 2.24 bits per heavy atom. The minimum atomic E-state index is -0.622. The number of aromatic nitrogens is 1. The summed E-state index contributed by atoms with van der Waals surface area (Å²) in [5.74, 6) is -0.648. The number of amides is 1. The lowest BCUT2D eigenvalue weighted by molar-refractivity contribution is -0.139. The summed E-state index contributed by atoms with van der Waals surface area (Å²) < 4.78 is 4.57. The van der Waals surface area contributed by atoms with Gasteiger partial charge in [0.2, 0.25) is 5.91 Å².